The van der Waals surface area contributed by atoms with Crippen LogP contribution in [0.3, 0.4) is 0 Å². The molecule has 0 saturated heterocycles. The van der Waals surface area contributed by atoms with Crippen LogP contribution in [0.1, 0.15) is 39.0 Å². The van der Waals surface area contributed by atoms with Crippen molar-refractivity contribution >= 4 is 41.5 Å². The fraction of sp³-hybridized carbons (Fsp3) is 0.632. The van der Waals surface area contributed by atoms with Gasteiger partial charge in [0.2, 0.25) is 29.5 Å². The maximum Gasteiger partial charge on any atom is 0.328 e. The van der Waals surface area contributed by atoms with Crippen LogP contribution in [0, 0.1) is 0 Å². The van der Waals surface area contributed by atoms with E-state index in [2.05, 4.69) is 15.6 Å². The van der Waals surface area contributed by atoms with Gasteiger partial charge in [-0.3, -0.25) is 29.0 Å². The molecule has 0 bridgehead atoms. The largest absolute Gasteiger partial charge is 0.480 e. The van der Waals surface area contributed by atoms with Gasteiger partial charge < -0.3 is 54.8 Å². The van der Waals surface area contributed by atoms with Gasteiger partial charge in [-0.2, -0.15) is 0 Å². The van der Waals surface area contributed by atoms with Crippen molar-refractivity contribution in [1.29, 1.82) is 0 Å². The standard InChI is InChI=1S/C19H35N9O8/c1-8(29)14(18(35)36)28-17(34)11(7-13(22)31)27-16(33)10(4-5-12(21)30)26-15(32)9(20)3-2-6-25-19(23)24/h8-11,14,29H,2-7,20H2,1H3,(H2,21,30)(H2,22,31)(H,26,32)(H,27,33)(H,28,34)(H,35,36)(H4,23,24,25). The summed E-state index contributed by atoms with van der Waals surface area (Å²) in [6, 6.07) is -5.87. The van der Waals surface area contributed by atoms with E-state index in [9.17, 15) is 33.9 Å². The van der Waals surface area contributed by atoms with E-state index in [-0.39, 0.29) is 31.8 Å². The number of carboxylic acid groups (broad SMARTS) is 1. The zero-order valence-corrected chi connectivity index (χ0v) is 19.8. The number of aliphatic imine (C=N–C) groups is 1. The minimum atomic E-state index is -1.74. The summed E-state index contributed by atoms with van der Waals surface area (Å²) in [5.41, 5.74) is 26.5. The normalized spacial score (nSPS) is 14.8. The predicted octanol–water partition coefficient (Wildman–Crippen LogP) is -5.57. The molecule has 5 amide bonds. The fourth-order valence-corrected chi connectivity index (χ4v) is 2.81. The smallest absolute Gasteiger partial charge is 0.328 e. The summed E-state index contributed by atoms with van der Waals surface area (Å²) < 4.78 is 0. The van der Waals surface area contributed by atoms with E-state index in [0.29, 0.717) is 6.42 Å². The fourth-order valence-electron chi connectivity index (χ4n) is 2.81. The Balaban J connectivity index is 5.49. The molecule has 5 unspecified atom stereocenters. The molecule has 204 valence electrons. The quantitative estimate of drug-likeness (QED) is 0.0492. The third-order valence-electron chi connectivity index (χ3n) is 4.70. The van der Waals surface area contributed by atoms with Crippen molar-refractivity contribution in [3.63, 3.8) is 0 Å². The summed E-state index contributed by atoms with van der Waals surface area (Å²) in [5, 5.41) is 25.2. The second kappa shape index (κ2) is 15.8. The molecule has 0 spiro atoms. The van der Waals surface area contributed by atoms with Crippen LogP contribution in [0.2, 0.25) is 0 Å². The molecule has 0 aromatic carbocycles. The molecule has 0 fully saturated rings. The molecule has 17 heteroatoms. The Morgan fingerprint density at radius 2 is 1.39 bits per heavy atom. The highest BCUT2D eigenvalue weighted by Crippen LogP contribution is 2.04. The first-order valence-electron chi connectivity index (χ1n) is 10.8. The average molecular weight is 518 g/mol. The van der Waals surface area contributed by atoms with E-state index in [1.165, 1.54) is 0 Å². The van der Waals surface area contributed by atoms with Crippen molar-refractivity contribution in [3.05, 3.63) is 0 Å². The first kappa shape index (κ1) is 32.0. The van der Waals surface area contributed by atoms with Crippen molar-refractivity contribution in [2.24, 2.45) is 33.7 Å². The first-order valence-corrected chi connectivity index (χ1v) is 10.8. The van der Waals surface area contributed by atoms with Crippen molar-refractivity contribution in [1.82, 2.24) is 16.0 Å². The van der Waals surface area contributed by atoms with E-state index in [1.54, 1.807) is 0 Å². The number of hydrogen-bond donors (Lipinski definition) is 10. The lowest BCUT2D eigenvalue weighted by atomic mass is 10.1. The van der Waals surface area contributed by atoms with E-state index < -0.39 is 72.2 Å². The summed E-state index contributed by atoms with van der Waals surface area (Å²) in [5.74, 6) is -6.39. The molecule has 0 aromatic rings. The number of aliphatic hydroxyl groups excluding tert-OH is 1. The Labute approximate surface area is 206 Å². The van der Waals surface area contributed by atoms with Gasteiger partial charge in [0, 0.05) is 13.0 Å². The number of nitrogens with one attached hydrogen (secondary N) is 3. The molecule has 0 rings (SSSR count). The Morgan fingerprint density at radius 1 is 0.833 bits per heavy atom. The predicted molar refractivity (Wildman–Crippen MR) is 125 cm³/mol. The number of hydrogen-bond acceptors (Lipinski definition) is 9. The summed E-state index contributed by atoms with van der Waals surface area (Å²) in [7, 11) is 0. The van der Waals surface area contributed by atoms with Crippen LogP contribution < -0.4 is 44.6 Å². The lowest BCUT2D eigenvalue weighted by Crippen LogP contribution is -2.59. The maximum atomic E-state index is 12.8. The van der Waals surface area contributed by atoms with Gasteiger partial charge in [0.15, 0.2) is 12.0 Å². The molecule has 0 saturated carbocycles. The zero-order chi connectivity index (χ0) is 28.0. The monoisotopic (exact) mass is 517 g/mol. The minimum Gasteiger partial charge on any atom is -0.480 e. The number of carbonyl (C=O) groups is 6. The molecule has 15 N–H and O–H groups in total. The molecular formula is C19H35N9O8. The summed E-state index contributed by atoms with van der Waals surface area (Å²) in [6.07, 6.45) is -2.34. The lowest BCUT2D eigenvalue weighted by molar-refractivity contribution is -0.145. The van der Waals surface area contributed by atoms with Gasteiger partial charge in [-0.1, -0.05) is 0 Å². The highest BCUT2D eigenvalue weighted by Gasteiger charge is 2.32. The van der Waals surface area contributed by atoms with Crippen LogP contribution >= 0.6 is 0 Å². The van der Waals surface area contributed by atoms with Crippen LogP contribution in [0.5, 0.6) is 0 Å². The summed E-state index contributed by atoms with van der Waals surface area (Å²) in [6.45, 7) is 1.32. The molecule has 5 atom stereocenters. The van der Waals surface area contributed by atoms with Crippen LogP contribution in [0.4, 0.5) is 0 Å². The Hall–Kier alpha value is -3.99. The highest BCUT2D eigenvalue weighted by atomic mass is 16.4. The van der Waals surface area contributed by atoms with Gasteiger partial charge in [0.25, 0.3) is 0 Å². The molecule has 0 aliphatic rings. The average Bonchev–Trinajstić information content (AvgIpc) is 2.75. The number of aliphatic hydroxyl groups is 1. The Morgan fingerprint density at radius 3 is 1.86 bits per heavy atom. The van der Waals surface area contributed by atoms with Crippen molar-refractivity contribution in [2.75, 3.05) is 6.54 Å². The molecule has 0 aliphatic carbocycles. The number of primary amides is 2. The number of aliphatic carboxylic acids is 1. The highest BCUT2D eigenvalue weighted by molar-refractivity contribution is 5.96. The maximum absolute atomic E-state index is 12.8. The van der Waals surface area contributed by atoms with Crippen LogP contribution in [0.25, 0.3) is 0 Å². The molecule has 36 heavy (non-hydrogen) atoms. The number of nitrogens with zero attached hydrogens (tertiary/aromatic N) is 1. The van der Waals surface area contributed by atoms with E-state index in [4.69, 9.17) is 33.8 Å². The SMILES string of the molecule is CC(O)C(NC(=O)C(CC(N)=O)NC(=O)C(CCC(N)=O)NC(=O)C(N)CCCN=C(N)N)C(=O)O. The lowest BCUT2D eigenvalue weighted by Gasteiger charge is -2.25. The molecule has 0 aromatic heterocycles. The Bertz CT molecular complexity index is 845. The second-order valence-corrected chi connectivity index (χ2v) is 7.92. The summed E-state index contributed by atoms with van der Waals surface area (Å²) in [4.78, 5) is 75.5. The van der Waals surface area contributed by atoms with Crippen molar-refractivity contribution < 1.29 is 39.0 Å². The van der Waals surface area contributed by atoms with E-state index >= 15 is 0 Å². The van der Waals surface area contributed by atoms with Crippen molar-refractivity contribution in [3.8, 4) is 0 Å². The molecule has 17 nitrogen and oxygen atoms in total. The van der Waals surface area contributed by atoms with Crippen LogP contribution in [-0.2, 0) is 28.8 Å². The Kier molecular flexibility index (Phi) is 14.1. The van der Waals surface area contributed by atoms with Crippen LogP contribution in [0.15, 0.2) is 4.99 Å². The van der Waals surface area contributed by atoms with Gasteiger partial charge in [0.1, 0.15) is 12.1 Å². The van der Waals surface area contributed by atoms with Crippen LogP contribution in [-0.4, -0.2) is 88.5 Å². The number of nitrogens with two attached hydrogens (primary N) is 5. The number of rotatable bonds is 17. The topological polar surface area (TPSA) is 321 Å². The molecule has 0 heterocycles. The zero-order valence-electron chi connectivity index (χ0n) is 19.8. The first-order chi connectivity index (χ1) is 16.6. The minimum absolute atomic E-state index is 0.131. The summed E-state index contributed by atoms with van der Waals surface area (Å²) >= 11 is 0. The number of amides is 5. The third-order valence-corrected chi connectivity index (χ3v) is 4.70. The number of carboxylic acids is 1. The van der Waals surface area contributed by atoms with Gasteiger partial charge in [-0.05, 0) is 26.2 Å². The molecule has 0 radical (unpaired) electrons. The number of carbonyl (C=O) groups excluding carboxylic acids is 5. The van der Waals surface area contributed by atoms with Gasteiger partial charge in [-0.15, -0.1) is 0 Å². The van der Waals surface area contributed by atoms with Gasteiger partial charge in [-0.25, -0.2) is 4.79 Å². The second-order valence-electron chi connectivity index (χ2n) is 7.92. The molecular weight excluding hydrogens is 482 g/mol. The van der Waals surface area contributed by atoms with Crippen molar-refractivity contribution in [2.45, 2.75) is 69.3 Å². The number of guanidine groups is 1. The van der Waals surface area contributed by atoms with E-state index in [1.807, 2.05) is 5.32 Å². The molecule has 0 aliphatic heterocycles. The van der Waals surface area contributed by atoms with Gasteiger partial charge in [0.05, 0.1) is 18.6 Å². The van der Waals surface area contributed by atoms with Gasteiger partial charge >= 0.3 is 5.97 Å². The van der Waals surface area contributed by atoms with E-state index in [0.717, 1.165) is 6.92 Å². The third kappa shape index (κ3) is 13.0.